The van der Waals surface area contributed by atoms with E-state index < -0.39 is 0 Å². The van der Waals surface area contributed by atoms with Crippen molar-refractivity contribution in [1.29, 1.82) is 0 Å². The molecule has 170 valence electrons. The van der Waals surface area contributed by atoms with Crippen molar-refractivity contribution in [1.82, 2.24) is 30.5 Å². The summed E-state index contributed by atoms with van der Waals surface area (Å²) in [6, 6.07) is 17.5. The van der Waals surface area contributed by atoms with Gasteiger partial charge in [-0.25, -0.2) is 0 Å². The highest BCUT2D eigenvalue weighted by atomic mass is 35.5. The Kier molecular flexibility index (Phi) is 8.13. The Morgan fingerprint density at radius 2 is 1.97 bits per heavy atom. The van der Waals surface area contributed by atoms with Gasteiger partial charge in [0.2, 0.25) is 5.16 Å². The Morgan fingerprint density at radius 3 is 2.76 bits per heavy atom. The Bertz CT molecular complexity index is 1160. The Morgan fingerprint density at radius 1 is 1.09 bits per heavy atom. The van der Waals surface area contributed by atoms with Gasteiger partial charge in [-0.3, -0.25) is 4.98 Å². The highest BCUT2D eigenvalue weighted by Gasteiger charge is 2.13. The zero-order chi connectivity index (χ0) is 22.9. The first-order valence-electron chi connectivity index (χ1n) is 10.3. The molecule has 4 rings (SSSR count). The van der Waals surface area contributed by atoms with Crippen LogP contribution in [0.1, 0.15) is 11.1 Å². The molecule has 4 aromatic rings. The lowest BCUT2D eigenvalue weighted by Crippen LogP contribution is -2.17. The van der Waals surface area contributed by atoms with Crippen LogP contribution >= 0.6 is 23.4 Å². The van der Waals surface area contributed by atoms with E-state index in [1.807, 2.05) is 54.6 Å². The van der Waals surface area contributed by atoms with Gasteiger partial charge in [-0.15, -0.1) is 5.10 Å². The van der Waals surface area contributed by atoms with E-state index in [9.17, 15) is 0 Å². The van der Waals surface area contributed by atoms with Gasteiger partial charge in [-0.05, 0) is 46.3 Å². The first-order chi connectivity index (χ1) is 16.2. The number of hydrogen-bond acceptors (Lipinski definition) is 8. The van der Waals surface area contributed by atoms with Gasteiger partial charge < -0.3 is 14.8 Å². The third kappa shape index (κ3) is 6.22. The lowest BCUT2D eigenvalue weighted by molar-refractivity contribution is 0.284. The van der Waals surface area contributed by atoms with Crippen LogP contribution in [-0.2, 0) is 13.2 Å². The number of para-hydroxylation sites is 1. The van der Waals surface area contributed by atoms with Crippen molar-refractivity contribution in [2.75, 3.05) is 19.4 Å². The van der Waals surface area contributed by atoms with Crippen LogP contribution in [0.5, 0.6) is 11.5 Å². The number of tetrazole rings is 1. The second-order valence-electron chi connectivity index (χ2n) is 6.99. The average Bonchev–Trinajstić information content (AvgIpc) is 3.32. The first-order valence-corrected chi connectivity index (χ1v) is 11.7. The molecule has 33 heavy (non-hydrogen) atoms. The molecule has 0 unspecified atom stereocenters. The number of nitrogens with one attached hydrogen (secondary N) is 1. The average molecular weight is 483 g/mol. The largest absolute Gasteiger partial charge is 0.493 e. The van der Waals surface area contributed by atoms with Crippen molar-refractivity contribution in [2.45, 2.75) is 18.3 Å². The predicted octanol–water partition coefficient (Wildman–Crippen LogP) is 4.18. The van der Waals surface area contributed by atoms with Crippen LogP contribution in [0, 0.1) is 0 Å². The molecule has 0 saturated heterocycles. The van der Waals surface area contributed by atoms with E-state index in [4.69, 9.17) is 21.1 Å². The lowest BCUT2D eigenvalue weighted by Gasteiger charge is -2.14. The fourth-order valence-electron chi connectivity index (χ4n) is 3.10. The number of thioether (sulfide) groups is 1. The van der Waals surface area contributed by atoms with Gasteiger partial charge in [0.05, 0.1) is 17.8 Å². The molecule has 0 spiro atoms. The molecule has 0 atom stereocenters. The van der Waals surface area contributed by atoms with E-state index in [1.54, 1.807) is 35.9 Å². The summed E-state index contributed by atoms with van der Waals surface area (Å²) in [5, 5.41) is 16.7. The van der Waals surface area contributed by atoms with E-state index in [2.05, 4.69) is 25.8 Å². The number of pyridine rings is 1. The normalized spacial score (nSPS) is 10.8. The second-order valence-corrected chi connectivity index (χ2v) is 8.46. The van der Waals surface area contributed by atoms with Crippen LogP contribution in [-0.4, -0.2) is 44.6 Å². The van der Waals surface area contributed by atoms with E-state index in [0.717, 1.165) is 34.3 Å². The summed E-state index contributed by atoms with van der Waals surface area (Å²) in [4.78, 5) is 4.09. The van der Waals surface area contributed by atoms with Gasteiger partial charge in [-0.2, -0.15) is 4.68 Å². The van der Waals surface area contributed by atoms with Crippen molar-refractivity contribution in [3.63, 3.8) is 0 Å². The topological polar surface area (TPSA) is 87.0 Å². The molecule has 1 N–H and O–H groups in total. The van der Waals surface area contributed by atoms with Crippen LogP contribution in [0.3, 0.4) is 0 Å². The summed E-state index contributed by atoms with van der Waals surface area (Å²) < 4.78 is 13.1. The molecule has 0 fully saturated rings. The number of aromatic nitrogens is 5. The molecule has 2 aromatic carbocycles. The van der Waals surface area contributed by atoms with Gasteiger partial charge in [0.25, 0.3) is 0 Å². The zero-order valence-electron chi connectivity index (χ0n) is 18.0. The fraction of sp³-hybridized carbons (Fsp3) is 0.217. The minimum atomic E-state index is 0.362. The molecule has 2 heterocycles. The summed E-state index contributed by atoms with van der Waals surface area (Å²) in [7, 11) is 1.60. The molecular weight excluding hydrogens is 460 g/mol. The summed E-state index contributed by atoms with van der Waals surface area (Å²) >= 11 is 8.08. The number of rotatable bonds is 11. The molecule has 10 heteroatoms. The minimum absolute atomic E-state index is 0.362. The Labute approximate surface area is 201 Å². The van der Waals surface area contributed by atoms with Crippen LogP contribution in [0.4, 0.5) is 0 Å². The van der Waals surface area contributed by atoms with Gasteiger partial charge in [0, 0.05) is 36.8 Å². The number of hydrogen-bond donors (Lipinski definition) is 1. The van der Waals surface area contributed by atoms with E-state index >= 15 is 0 Å². The summed E-state index contributed by atoms with van der Waals surface area (Å²) in [6.45, 7) is 1.77. The lowest BCUT2D eigenvalue weighted by atomic mass is 10.2. The first kappa shape index (κ1) is 23.0. The third-order valence-corrected chi connectivity index (χ3v) is 5.88. The zero-order valence-corrected chi connectivity index (χ0v) is 19.6. The summed E-state index contributed by atoms with van der Waals surface area (Å²) in [5.41, 5.74) is 2.90. The van der Waals surface area contributed by atoms with Crippen LogP contribution < -0.4 is 14.8 Å². The molecule has 0 bridgehead atoms. The van der Waals surface area contributed by atoms with Gasteiger partial charge in [0.15, 0.2) is 11.5 Å². The number of ether oxygens (including phenoxy) is 2. The Balaban J connectivity index is 1.28. The van der Waals surface area contributed by atoms with Crippen LogP contribution in [0.15, 0.2) is 72.1 Å². The Hall–Kier alpha value is -3.14. The quantitative estimate of drug-likeness (QED) is 0.251. The monoisotopic (exact) mass is 482 g/mol. The van der Waals surface area contributed by atoms with Gasteiger partial charge >= 0.3 is 0 Å². The van der Waals surface area contributed by atoms with Gasteiger partial charge in [0.1, 0.15) is 6.61 Å². The molecule has 0 amide bonds. The van der Waals surface area contributed by atoms with Gasteiger partial charge in [-0.1, -0.05) is 47.6 Å². The van der Waals surface area contributed by atoms with Crippen molar-refractivity contribution >= 4 is 23.4 Å². The van der Waals surface area contributed by atoms with Crippen molar-refractivity contribution in [2.24, 2.45) is 0 Å². The second kappa shape index (κ2) is 11.6. The molecule has 0 aliphatic rings. The molecule has 2 aromatic heterocycles. The summed E-state index contributed by atoms with van der Waals surface area (Å²) in [6.07, 6.45) is 3.48. The molecule has 0 radical (unpaired) electrons. The minimum Gasteiger partial charge on any atom is -0.493 e. The third-order valence-electron chi connectivity index (χ3n) is 4.68. The number of nitrogens with zero attached hydrogens (tertiary/aromatic N) is 5. The summed E-state index contributed by atoms with van der Waals surface area (Å²) in [5.74, 6) is 1.93. The van der Waals surface area contributed by atoms with Crippen LogP contribution in [0.2, 0.25) is 5.02 Å². The molecule has 0 saturated carbocycles. The maximum Gasteiger partial charge on any atom is 0.214 e. The molecule has 0 aliphatic carbocycles. The van der Waals surface area contributed by atoms with Crippen molar-refractivity contribution in [3.05, 3.63) is 83.1 Å². The smallest absolute Gasteiger partial charge is 0.214 e. The van der Waals surface area contributed by atoms with Crippen LogP contribution in [0.25, 0.3) is 5.69 Å². The van der Waals surface area contributed by atoms with E-state index in [0.29, 0.717) is 29.7 Å². The highest BCUT2D eigenvalue weighted by molar-refractivity contribution is 7.99. The predicted molar refractivity (Wildman–Crippen MR) is 128 cm³/mol. The standard InChI is InChI=1S/C23H23ClN6O2S/c1-31-21-13-18(12-20(24)22(21)32-16-17-6-5-9-25-14-17)15-26-10-11-33-23-27-28-29-30(23)19-7-3-2-4-8-19/h2-9,12-14,26H,10-11,15-16H2,1H3. The SMILES string of the molecule is COc1cc(CNCCSc2nnnn2-c2ccccc2)cc(Cl)c1OCc1cccnc1. The maximum absolute atomic E-state index is 6.49. The molecule has 8 nitrogen and oxygen atoms in total. The fourth-order valence-corrected chi connectivity index (χ4v) is 4.18. The number of benzene rings is 2. The molecule has 0 aliphatic heterocycles. The van der Waals surface area contributed by atoms with E-state index in [-0.39, 0.29) is 0 Å². The van der Waals surface area contributed by atoms with Crippen molar-refractivity contribution in [3.8, 4) is 17.2 Å². The van der Waals surface area contributed by atoms with Crippen molar-refractivity contribution < 1.29 is 9.47 Å². The number of methoxy groups -OCH3 is 1. The van der Waals surface area contributed by atoms with E-state index in [1.165, 1.54) is 0 Å². The highest BCUT2D eigenvalue weighted by Crippen LogP contribution is 2.37. The molecular formula is C23H23ClN6O2S. The maximum atomic E-state index is 6.49. The number of halogens is 1.